The van der Waals surface area contributed by atoms with Crippen LogP contribution in [0.25, 0.3) is 11.1 Å². The molecule has 0 fully saturated rings. The Kier molecular flexibility index (Phi) is 4.31. The molecule has 0 spiro atoms. The number of nitrogens with zero attached hydrogens (tertiary/aromatic N) is 2. The fourth-order valence-corrected chi connectivity index (χ4v) is 3.61. The van der Waals surface area contributed by atoms with Gasteiger partial charge in [0.15, 0.2) is 0 Å². The van der Waals surface area contributed by atoms with Crippen molar-refractivity contribution in [2.24, 2.45) is 0 Å². The molecule has 0 saturated carbocycles. The number of nitrogens with one attached hydrogen (secondary N) is 2. The predicted molar refractivity (Wildman–Crippen MR) is 103 cm³/mol. The smallest absolute Gasteiger partial charge is 0.238 e. The number of hydrogen-bond donors (Lipinski definition) is 2. The SMILES string of the molecule is Cc1n[nH]c(C)c1NC(=O)CN1Cc2ccccc2-c2ccccc2C1. The van der Waals surface area contributed by atoms with Crippen molar-refractivity contribution >= 4 is 11.6 Å². The molecule has 2 N–H and O–H groups in total. The van der Waals surface area contributed by atoms with Crippen LogP contribution < -0.4 is 5.32 Å². The van der Waals surface area contributed by atoms with Crippen molar-refractivity contribution in [3.63, 3.8) is 0 Å². The van der Waals surface area contributed by atoms with Gasteiger partial charge in [0, 0.05) is 13.1 Å². The van der Waals surface area contributed by atoms with Crippen LogP contribution in [0.4, 0.5) is 5.69 Å². The number of carbonyl (C=O) groups excluding carboxylic acids is 1. The third kappa shape index (κ3) is 3.13. The summed E-state index contributed by atoms with van der Waals surface area (Å²) < 4.78 is 0. The summed E-state index contributed by atoms with van der Waals surface area (Å²) in [7, 11) is 0. The highest BCUT2D eigenvalue weighted by molar-refractivity contribution is 5.93. The van der Waals surface area contributed by atoms with Crippen molar-refractivity contribution in [2.75, 3.05) is 11.9 Å². The average molecular weight is 346 g/mol. The van der Waals surface area contributed by atoms with Gasteiger partial charge >= 0.3 is 0 Å². The van der Waals surface area contributed by atoms with Crippen molar-refractivity contribution in [1.82, 2.24) is 15.1 Å². The largest absolute Gasteiger partial charge is 0.322 e. The number of H-pyrrole nitrogens is 1. The molecular formula is C21H22N4O. The van der Waals surface area contributed by atoms with E-state index in [1.165, 1.54) is 22.3 Å². The molecule has 1 amide bonds. The summed E-state index contributed by atoms with van der Waals surface area (Å²) in [5.41, 5.74) is 7.48. The Balaban J connectivity index is 1.58. The molecule has 0 saturated heterocycles. The molecule has 4 rings (SSSR count). The zero-order valence-electron chi connectivity index (χ0n) is 15.0. The van der Waals surface area contributed by atoms with Gasteiger partial charge in [-0.25, -0.2) is 0 Å². The van der Waals surface area contributed by atoms with Crippen LogP contribution >= 0.6 is 0 Å². The molecule has 0 radical (unpaired) electrons. The minimum Gasteiger partial charge on any atom is -0.322 e. The van der Waals surface area contributed by atoms with Gasteiger partial charge in [0.1, 0.15) is 0 Å². The number of carbonyl (C=O) groups is 1. The van der Waals surface area contributed by atoms with Crippen molar-refractivity contribution in [3.05, 3.63) is 71.0 Å². The quantitative estimate of drug-likeness (QED) is 0.761. The Labute approximate surface area is 153 Å². The summed E-state index contributed by atoms with van der Waals surface area (Å²) in [4.78, 5) is 14.8. The van der Waals surface area contributed by atoms with Gasteiger partial charge in [-0.15, -0.1) is 0 Å². The van der Waals surface area contributed by atoms with E-state index in [0.29, 0.717) is 6.54 Å². The van der Waals surface area contributed by atoms with Crippen LogP contribution in [-0.2, 0) is 17.9 Å². The van der Waals surface area contributed by atoms with Crippen molar-refractivity contribution < 1.29 is 4.79 Å². The molecule has 5 nitrogen and oxygen atoms in total. The van der Waals surface area contributed by atoms with E-state index in [9.17, 15) is 4.79 Å². The number of aryl methyl sites for hydroxylation is 2. The van der Waals surface area contributed by atoms with E-state index in [4.69, 9.17) is 0 Å². The summed E-state index contributed by atoms with van der Waals surface area (Å²) >= 11 is 0. The molecule has 0 aliphatic carbocycles. The van der Waals surface area contributed by atoms with Crippen LogP contribution in [0.2, 0.25) is 0 Å². The standard InChI is InChI=1S/C21H22N4O/c1-14-21(15(2)24-23-14)22-20(26)13-25-11-16-7-3-5-9-18(16)19-10-6-4-8-17(19)12-25/h3-10H,11-13H2,1-2H3,(H,22,26)(H,23,24). The Morgan fingerprint density at radius 3 is 2.15 bits per heavy atom. The van der Waals surface area contributed by atoms with E-state index in [1.807, 2.05) is 13.8 Å². The molecule has 2 heterocycles. The second kappa shape index (κ2) is 6.77. The van der Waals surface area contributed by atoms with Crippen molar-refractivity contribution in [1.29, 1.82) is 0 Å². The highest BCUT2D eigenvalue weighted by Gasteiger charge is 2.21. The van der Waals surface area contributed by atoms with Gasteiger partial charge in [0.2, 0.25) is 5.91 Å². The Hall–Kier alpha value is -2.92. The van der Waals surface area contributed by atoms with Crippen LogP contribution in [0.3, 0.4) is 0 Å². The van der Waals surface area contributed by atoms with Crippen LogP contribution in [0.1, 0.15) is 22.5 Å². The highest BCUT2D eigenvalue weighted by atomic mass is 16.2. The first-order valence-electron chi connectivity index (χ1n) is 8.82. The fraction of sp³-hybridized carbons (Fsp3) is 0.238. The first kappa shape index (κ1) is 16.5. The zero-order chi connectivity index (χ0) is 18.1. The van der Waals surface area contributed by atoms with E-state index in [1.54, 1.807) is 0 Å². The maximum Gasteiger partial charge on any atom is 0.238 e. The maximum atomic E-state index is 12.6. The predicted octanol–water partition coefficient (Wildman–Crippen LogP) is 3.65. The maximum absolute atomic E-state index is 12.6. The Morgan fingerprint density at radius 2 is 1.62 bits per heavy atom. The number of aromatic amines is 1. The molecule has 26 heavy (non-hydrogen) atoms. The van der Waals surface area contributed by atoms with E-state index < -0.39 is 0 Å². The molecule has 0 bridgehead atoms. The lowest BCUT2D eigenvalue weighted by Gasteiger charge is -2.20. The van der Waals surface area contributed by atoms with Crippen LogP contribution in [0, 0.1) is 13.8 Å². The van der Waals surface area contributed by atoms with Crippen LogP contribution in [-0.4, -0.2) is 27.5 Å². The van der Waals surface area contributed by atoms with Gasteiger partial charge in [0.25, 0.3) is 0 Å². The van der Waals surface area contributed by atoms with E-state index in [2.05, 4.69) is 68.9 Å². The minimum absolute atomic E-state index is 0.0190. The number of amides is 1. The van der Waals surface area contributed by atoms with Crippen molar-refractivity contribution in [2.45, 2.75) is 26.9 Å². The van der Waals surface area contributed by atoms with Crippen molar-refractivity contribution in [3.8, 4) is 11.1 Å². The van der Waals surface area contributed by atoms with E-state index in [-0.39, 0.29) is 5.91 Å². The average Bonchev–Trinajstić information content (AvgIpc) is 2.86. The van der Waals surface area contributed by atoms with E-state index in [0.717, 1.165) is 30.2 Å². The third-order valence-electron chi connectivity index (χ3n) is 4.87. The lowest BCUT2D eigenvalue weighted by molar-refractivity contribution is -0.117. The molecule has 1 aliphatic rings. The second-order valence-corrected chi connectivity index (χ2v) is 6.82. The monoisotopic (exact) mass is 346 g/mol. The number of aromatic nitrogens is 2. The van der Waals surface area contributed by atoms with E-state index >= 15 is 0 Å². The lowest BCUT2D eigenvalue weighted by atomic mass is 9.97. The van der Waals surface area contributed by atoms with Crippen LogP contribution in [0.15, 0.2) is 48.5 Å². The summed E-state index contributed by atoms with van der Waals surface area (Å²) in [5, 5.41) is 10.0. The molecule has 132 valence electrons. The number of benzene rings is 2. The Morgan fingerprint density at radius 1 is 1.04 bits per heavy atom. The van der Waals surface area contributed by atoms with Gasteiger partial charge in [-0.05, 0) is 36.1 Å². The van der Waals surface area contributed by atoms with Gasteiger partial charge < -0.3 is 5.32 Å². The Bertz CT molecular complexity index is 893. The summed E-state index contributed by atoms with van der Waals surface area (Å²) in [6.45, 7) is 5.64. The highest BCUT2D eigenvalue weighted by Crippen LogP contribution is 2.32. The number of hydrogen-bond acceptors (Lipinski definition) is 3. The van der Waals surface area contributed by atoms with Gasteiger partial charge in [-0.1, -0.05) is 48.5 Å². The minimum atomic E-state index is -0.0190. The third-order valence-corrected chi connectivity index (χ3v) is 4.87. The summed E-state index contributed by atoms with van der Waals surface area (Å²) in [6.07, 6.45) is 0. The zero-order valence-corrected chi connectivity index (χ0v) is 15.0. The van der Waals surface area contributed by atoms with Gasteiger partial charge in [0.05, 0.1) is 23.6 Å². The molecule has 1 aromatic heterocycles. The molecular weight excluding hydrogens is 324 g/mol. The molecule has 2 aromatic carbocycles. The second-order valence-electron chi connectivity index (χ2n) is 6.82. The lowest BCUT2D eigenvalue weighted by Crippen LogP contribution is -2.32. The number of rotatable bonds is 3. The fourth-order valence-electron chi connectivity index (χ4n) is 3.61. The summed E-state index contributed by atoms with van der Waals surface area (Å²) in [5.74, 6) is -0.0190. The topological polar surface area (TPSA) is 61.0 Å². The van der Waals surface area contributed by atoms with Gasteiger partial charge in [-0.3, -0.25) is 14.8 Å². The normalized spacial score (nSPS) is 13.6. The number of fused-ring (bicyclic) bond motifs is 3. The molecule has 5 heteroatoms. The first-order valence-corrected chi connectivity index (χ1v) is 8.82. The first-order chi connectivity index (χ1) is 12.6. The molecule has 3 aromatic rings. The summed E-state index contributed by atoms with van der Waals surface area (Å²) in [6, 6.07) is 16.9. The molecule has 0 atom stereocenters. The molecule has 1 aliphatic heterocycles. The molecule has 0 unspecified atom stereocenters. The number of anilines is 1. The van der Waals surface area contributed by atoms with Crippen LogP contribution in [0.5, 0.6) is 0 Å². The van der Waals surface area contributed by atoms with Gasteiger partial charge in [-0.2, -0.15) is 5.10 Å².